The second-order valence-corrected chi connectivity index (χ2v) is 8.39. The van der Waals surface area contributed by atoms with E-state index in [1.165, 1.54) is 13.3 Å². The van der Waals surface area contributed by atoms with Crippen LogP contribution in [0.4, 0.5) is 11.4 Å². The molecule has 0 atom stereocenters. The minimum atomic E-state index is 0.348. The summed E-state index contributed by atoms with van der Waals surface area (Å²) >= 11 is 12.6. The molecular weight excluding hydrogens is 479 g/mol. The van der Waals surface area contributed by atoms with E-state index in [4.69, 9.17) is 42.1 Å². The van der Waals surface area contributed by atoms with Crippen molar-refractivity contribution in [3.8, 4) is 23.3 Å². The molecule has 0 spiro atoms. The van der Waals surface area contributed by atoms with Gasteiger partial charge >= 0.3 is 0 Å². The Balaban J connectivity index is 1.66. The number of hydrogen-bond donors (Lipinski definition) is 1. The van der Waals surface area contributed by atoms with E-state index in [2.05, 4.69) is 21.3 Å². The van der Waals surface area contributed by atoms with Crippen LogP contribution in [0.5, 0.6) is 17.2 Å². The Morgan fingerprint density at radius 3 is 2.53 bits per heavy atom. The Kier molecular flexibility index (Phi) is 7.80. The molecule has 1 saturated heterocycles. The van der Waals surface area contributed by atoms with Gasteiger partial charge in [-0.3, -0.25) is 9.88 Å². The van der Waals surface area contributed by atoms with Gasteiger partial charge in [0.25, 0.3) is 0 Å². The first kappa shape index (κ1) is 24.2. The van der Waals surface area contributed by atoms with Gasteiger partial charge in [0, 0.05) is 43.4 Å². The average Bonchev–Trinajstić information content (AvgIpc) is 2.86. The normalized spacial score (nSPS) is 14.0. The van der Waals surface area contributed by atoms with Crippen molar-refractivity contribution in [2.45, 2.75) is 0 Å². The summed E-state index contributed by atoms with van der Waals surface area (Å²) in [5, 5.41) is 14.4. The van der Waals surface area contributed by atoms with Crippen molar-refractivity contribution >= 4 is 45.5 Å². The SMILES string of the molecule is COc1cc(Nc2c(C#N)cnc3cc(OCCN4CCOCC4)c(OC)cc23)c(Cl)cc1Cl. The molecule has 0 bridgehead atoms. The van der Waals surface area contributed by atoms with Crippen LogP contribution in [-0.2, 0) is 4.74 Å². The third kappa shape index (κ3) is 5.24. The summed E-state index contributed by atoms with van der Waals surface area (Å²) in [7, 11) is 3.10. The number of nitriles is 1. The Bertz CT molecular complexity index is 1230. The lowest BCUT2D eigenvalue weighted by atomic mass is 10.1. The number of methoxy groups -OCH3 is 2. The first-order valence-electron chi connectivity index (χ1n) is 10.7. The van der Waals surface area contributed by atoms with Crippen LogP contribution in [0, 0.1) is 11.3 Å². The number of benzene rings is 2. The van der Waals surface area contributed by atoms with Crippen LogP contribution < -0.4 is 19.5 Å². The van der Waals surface area contributed by atoms with Gasteiger partial charge in [-0.2, -0.15) is 5.26 Å². The summed E-state index contributed by atoms with van der Waals surface area (Å²) < 4.78 is 22.3. The molecular formula is C24H24Cl2N4O4. The van der Waals surface area contributed by atoms with Crippen LogP contribution in [-0.4, -0.2) is 63.6 Å². The lowest BCUT2D eigenvalue weighted by Crippen LogP contribution is -2.38. The molecule has 1 N–H and O–H groups in total. The maximum absolute atomic E-state index is 9.71. The van der Waals surface area contributed by atoms with Crippen LogP contribution in [0.25, 0.3) is 10.9 Å². The van der Waals surface area contributed by atoms with E-state index in [1.54, 1.807) is 25.3 Å². The number of halogens is 2. The van der Waals surface area contributed by atoms with E-state index in [1.807, 2.05) is 6.07 Å². The number of morpholine rings is 1. The van der Waals surface area contributed by atoms with Gasteiger partial charge in [-0.05, 0) is 12.1 Å². The van der Waals surface area contributed by atoms with E-state index in [-0.39, 0.29) is 0 Å². The number of pyridine rings is 1. The molecule has 3 aromatic rings. The Morgan fingerprint density at radius 2 is 1.82 bits per heavy atom. The molecule has 1 aliphatic heterocycles. The van der Waals surface area contributed by atoms with Crippen molar-refractivity contribution in [3.63, 3.8) is 0 Å². The summed E-state index contributed by atoms with van der Waals surface area (Å²) in [5.74, 6) is 1.57. The zero-order chi connectivity index (χ0) is 24.1. The number of anilines is 2. The van der Waals surface area contributed by atoms with Gasteiger partial charge in [0.2, 0.25) is 0 Å². The van der Waals surface area contributed by atoms with Crippen LogP contribution in [0.2, 0.25) is 10.0 Å². The molecule has 8 nitrogen and oxygen atoms in total. The van der Waals surface area contributed by atoms with Gasteiger partial charge in [-0.25, -0.2) is 0 Å². The third-order valence-electron chi connectivity index (χ3n) is 5.54. The van der Waals surface area contributed by atoms with Crippen molar-refractivity contribution < 1.29 is 18.9 Å². The highest BCUT2D eigenvalue weighted by Crippen LogP contribution is 2.40. The highest BCUT2D eigenvalue weighted by molar-refractivity contribution is 6.37. The van der Waals surface area contributed by atoms with E-state index in [9.17, 15) is 5.26 Å². The zero-order valence-corrected chi connectivity index (χ0v) is 20.4. The smallest absolute Gasteiger partial charge is 0.163 e. The van der Waals surface area contributed by atoms with Gasteiger partial charge < -0.3 is 24.3 Å². The third-order valence-corrected chi connectivity index (χ3v) is 6.15. The number of ether oxygens (including phenoxy) is 4. The molecule has 4 rings (SSSR count). The highest BCUT2D eigenvalue weighted by Gasteiger charge is 2.17. The highest BCUT2D eigenvalue weighted by atomic mass is 35.5. The largest absolute Gasteiger partial charge is 0.495 e. The van der Waals surface area contributed by atoms with Crippen molar-refractivity contribution in [3.05, 3.63) is 46.1 Å². The molecule has 0 amide bonds. The molecule has 0 radical (unpaired) electrons. The number of aromatic nitrogens is 1. The number of hydrogen-bond acceptors (Lipinski definition) is 8. The monoisotopic (exact) mass is 502 g/mol. The predicted molar refractivity (Wildman–Crippen MR) is 132 cm³/mol. The molecule has 0 aliphatic carbocycles. The molecule has 2 heterocycles. The summed E-state index contributed by atoms with van der Waals surface area (Å²) in [6.45, 7) is 4.56. The fourth-order valence-electron chi connectivity index (χ4n) is 3.72. The first-order chi connectivity index (χ1) is 16.5. The zero-order valence-electron chi connectivity index (χ0n) is 18.9. The van der Waals surface area contributed by atoms with Crippen molar-refractivity contribution in [2.24, 2.45) is 0 Å². The quantitative estimate of drug-likeness (QED) is 0.465. The van der Waals surface area contributed by atoms with Crippen molar-refractivity contribution in [1.82, 2.24) is 9.88 Å². The van der Waals surface area contributed by atoms with Gasteiger partial charge in [-0.1, -0.05) is 23.2 Å². The average molecular weight is 503 g/mol. The molecule has 1 aromatic heterocycles. The maximum atomic E-state index is 9.71. The van der Waals surface area contributed by atoms with E-state index >= 15 is 0 Å². The van der Waals surface area contributed by atoms with Crippen LogP contribution >= 0.6 is 23.2 Å². The van der Waals surface area contributed by atoms with Crippen LogP contribution in [0.3, 0.4) is 0 Å². The van der Waals surface area contributed by atoms with Crippen molar-refractivity contribution in [1.29, 1.82) is 5.26 Å². The van der Waals surface area contributed by atoms with E-state index in [0.29, 0.717) is 61.7 Å². The lowest BCUT2D eigenvalue weighted by molar-refractivity contribution is 0.0321. The van der Waals surface area contributed by atoms with Gasteiger partial charge in [-0.15, -0.1) is 0 Å². The summed E-state index contributed by atoms with van der Waals surface area (Å²) in [6.07, 6.45) is 1.51. The van der Waals surface area contributed by atoms with Crippen molar-refractivity contribution in [2.75, 3.05) is 59.0 Å². The minimum absolute atomic E-state index is 0.348. The standard InChI is InChI=1S/C24H24Cl2N4O4/c1-31-21-12-20(17(25)10-18(21)26)29-24-15(13-27)14-28-19-11-23(22(32-2)9-16(19)24)34-8-5-30-3-6-33-7-4-30/h9-12,14H,3-8H2,1-2H3,(H,28,29). The Labute approximate surface area is 207 Å². The van der Waals surface area contributed by atoms with Crippen LogP contribution in [0.1, 0.15) is 5.56 Å². The maximum Gasteiger partial charge on any atom is 0.163 e. The fourth-order valence-corrected chi connectivity index (χ4v) is 4.22. The van der Waals surface area contributed by atoms with Gasteiger partial charge in [0.15, 0.2) is 11.5 Å². The number of rotatable bonds is 8. The molecule has 0 saturated carbocycles. The lowest BCUT2D eigenvalue weighted by Gasteiger charge is -2.26. The second kappa shape index (κ2) is 11.0. The first-order valence-corrected chi connectivity index (χ1v) is 11.4. The van der Waals surface area contributed by atoms with Gasteiger partial charge in [0.05, 0.1) is 59.9 Å². The predicted octanol–water partition coefficient (Wildman–Crippen LogP) is 4.89. The second-order valence-electron chi connectivity index (χ2n) is 7.57. The molecule has 1 fully saturated rings. The topological polar surface area (TPSA) is 88.9 Å². The molecule has 0 unspecified atom stereocenters. The Morgan fingerprint density at radius 1 is 1.06 bits per heavy atom. The molecule has 2 aromatic carbocycles. The number of nitrogens with one attached hydrogen (secondary N) is 1. The van der Waals surface area contributed by atoms with E-state index in [0.717, 1.165) is 32.8 Å². The molecule has 34 heavy (non-hydrogen) atoms. The Hall–Kier alpha value is -2.96. The molecule has 178 valence electrons. The van der Waals surface area contributed by atoms with E-state index < -0.39 is 0 Å². The number of nitrogens with zero attached hydrogens (tertiary/aromatic N) is 3. The fraction of sp³-hybridized carbons (Fsp3) is 0.333. The molecule has 10 heteroatoms. The number of fused-ring (bicyclic) bond motifs is 1. The summed E-state index contributed by atoms with van der Waals surface area (Å²) in [4.78, 5) is 6.75. The minimum Gasteiger partial charge on any atom is -0.495 e. The summed E-state index contributed by atoms with van der Waals surface area (Å²) in [5.41, 5.74) is 2.06. The van der Waals surface area contributed by atoms with Gasteiger partial charge in [0.1, 0.15) is 18.4 Å². The van der Waals surface area contributed by atoms with Crippen LogP contribution in [0.15, 0.2) is 30.5 Å². The summed E-state index contributed by atoms with van der Waals surface area (Å²) in [6, 6.07) is 9.05. The molecule has 1 aliphatic rings.